The lowest BCUT2D eigenvalue weighted by molar-refractivity contribution is 0.102. The van der Waals surface area contributed by atoms with Crippen molar-refractivity contribution < 1.29 is 14.3 Å². The molecule has 1 amide bonds. The van der Waals surface area contributed by atoms with Gasteiger partial charge in [-0.2, -0.15) is 0 Å². The molecule has 0 unspecified atom stereocenters. The van der Waals surface area contributed by atoms with E-state index < -0.39 is 0 Å². The van der Waals surface area contributed by atoms with Crippen LogP contribution in [0.5, 0.6) is 11.5 Å². The molecule has 2 aromatic carbocycles. The summed E-state index contributed by atoms with van der Waals surface area (Å²) in [6.45, 7) is 5.68. The maximum Gasteiger partial charge on any atom is 0.274 e. The Kier molecular flexibility index (Phi) is 6.29. The first-order chi connectivity index (χ1) is 13.9. The van der Waals surface area contributed by atoms with Crippen LogP contribution in [-0.4, -0.2) is 29.1 Å². The molecule has 0 radical (unpaired) electrons. The van der Waals surface area contributed by atoms with Crippen LogP contribution in [0.2, 0.25) is 0 Å². The number of aromatic nitrogens is 2. The van der Waals surface area contributed by atoms with Crippen molar-refractivity contribution in [3.05, 3.63) is 66.0 Å². The molecule has 0 spiro atoms. The van der Waals surface area contributed by atoms with Gasteiger partial charge in [0.05, 0.1) is 18.9 Å². The molecule has 3 aromatic rings. The third kappa shape index (κ3) is 5.44. The molecule has 3 rings (SSSR count). The van der Waals surface area contributed by atoms with Gasteiger partial charge in [-0.3, -0.25) is 4.79 Å². The maximum absolute atomic E-state index is 12.8. The second-order valence-corrected chi connectivity index (χ2v) is 6.69. The van der Waals surface area contributed by atoms with Crippen LogP contribution in [0.3, 0.4) is 0 Å². The summed E-state index contributed by atoms with van der Waals surface area (Å²) in [6.07, 6.45) is -0.00647. The van der Waals surface area contributed by atoms with Crippen molar-refractivity contribution >= 4 is 23.2 Å². The van der Waals surface area contributed by atoms with E-state index >= 15 is 0 Å². The van der Waals surface area contributed by atoms with Gasteiger partial charge in [0.25, 0.3) is 5.91 Å². The Morgan fingerprint density at radius 1 is 1.03 bits per heavy atom. The van der Waals surface area contributed by atoms with Gasteiger partial charge < -0.3 is 20.1 Å². The lowest BCUT2D eigenvalue weighted by Gasteiger charge is -2.15. The summed E-state index contributed by atoms with van der Waals surface area (Å²) in [6, 6.07) is 16.3. The van der Waals surface area contributed by atoms with E-state index in [2.05, 4.69) is 20.6 Å². The third-order valence-corrected chi connectivity index (χ3v) is 3.91. The van der Waals surface area contributed by atoms with Crippen LogP contribution < -0.4 is 20.1 Å². The molecule has 0 aliphatic carbocycles. The first-order valence-electron chi connectivity index (χ1n) is 9.28. The zero-order valence-electron chi connectivity index (χ0n) is 16.9. The van der Waals surface area contributed by atoms with Gasteiger partial charge in [0.2, 0.25) is 5.95 Å². The lowest BCUT2D eigenvalue weighted by Crippen LogP contribution is -2.17. The molecule has 0 fully saturated rings. The minimum absolute atomic E-state index is 0.00647. The number of nitrogens with one attached hydrogen (secondary N) is 2. The van der Waals surface area contributed by atoms with E-state index in [1.165, 1.54) is 0 Å². The Hall–Kier alpha value is -3.61. The summed E-state index contributed by atoms with van der Waals surface area (Å²) in [7, 11) is 1.60. The van der Waals surface area contributed by atoms with E-state index in [-0.39, 0.29) is 17.7 Å². The number of ether oxygens (including phenoxy) is 2. The smallest absolute Gasteiger partial charge is 0.274 e. The topological polar surface area (TPSA) is 85.4 Å². The summed E-state index contributed by atoms with van der Waals surface area (Å²) >= 11 is 0. The van der Waals surface area contributed by atoms with E-state index in [1.807, 2.05) is 63.2 Å². The van der Waals surface area contributed by atoms with Crippen LogP contribution in [0.1, 0.15) is 30.0 Å². The van der Waals surface area contributed by atoms with Gasteiger partial charge in [0.1, 0.15) is 17.2 Å². The monoisotopic (exact) mass is 392 g/mol. The fraction of sp³-hybridized carbons (Fsp3) is 0.227. The van der Waals surface area contributed by atoms with Gasteiger partial charge in [-0.05, 0) is 51.1 Å². The highest BCUT2D eigenvalue weighted by molar-refractivity contribution is 6.03. The predicted octanol–water partition coefficient (Wildman–Crippen LogP) is 4.58. The van der Waals surface area contributed by atoms with Crippen molar-refractivity contribution in [2.45, 2.75) is 26.9 Å². The molecule has 0 saturated carbocycles. The number of rotatable bonds is 7. The summed E-state index contributed by atoms with van der Waals surface area (Å²) in [5, 5.41) is 5.98. The second kappa shape index (κ2) is 9.05. The van der Waals surface area contributed by atoms with Crippen LogP contribution in [0.15, 0.2) is 54.6 Å². The molecule has 29 heavy (non-hydrogen) atoms. The Morgan fingerprint density at radius 3 is 2.59 bits per heavy atom. The molecular weight excluding hydrogens is 368 g/mol. The van der Waals surface area contributed by atoms with Crippen molar-refractivity contribution in [3.63, 3.8) is 0 Å². The molecule has 150 valence electrons. The number of para-hydroxylation sites is 2. The minimum atomic E-state index is -0.344. The molecular formula is C22H24N4O3. The number of aryl methyl sites for hydroxylation is 1. The fourth-order valence-electron chi connectivity index (χ4n) is 2.68. The Labute approximate surface area is 170 Å². The number of carbonyl (C=O) groups excluding carboxylic acids is 1. The zero-order valence-corrected chi connectivity index (χ0v) is 16.9. The number of hydrogen-bond donors (Lipinski definition) is 2. The van der Waals surface area contributed by atoms with Gasteiger partial charge in [-0.15, -0.1) is 0 Å². The number of amides is 1. The van der Waals surface area contributed by atoms with Crippen LogP contribution in [0, 0.1) is 6.92 Å². The van der Waals surface area contributed by atoms with Crippen molar-refractivity contribution in [1.29, 1.82) is 0 Å². The number of hydrogen-bond acceptors (Lipinski definition) is 6. The summed E-state index contributed by atoms with van der Waals surface area (Å²) in [4.78, 5) is 21.5. The highest BCUT2D eigenvalue weighted by atomic mass is 16.5. The Bertz CT molecular complexity index is 1000. The Morgan fingerprint density at radius 2 is 1.83 bits per heavy atom. The number of benzene rings is 2. The van der Waals surface area contributed by atoms with Gasteiger partial charge in [-0.25, -0.2) is 9.97 Å². The van der Waals surface area contributed by atoms with Gasteiger partial charge in [-0.1, -0.05) is 18.2 Å². The number of carbonyl (C=O) groups is 1. The quantitative estimate of drug-likeness (QED) is 0.612. The van der Waals surface area contributed by atoms with Gasteiger partial charge in [0.15, 0.2) is 0 Å². The van der Waals surface area contributed by atoms with Crippen LogP contribution in [-0.2, 0) is 0 Å². The van der Waals surface area contributed by atoms with Crippen LogP contribution in [0.4, 0.5) is 17.3 Å². The van der Waals surface area contributed by atoms with E-state index in [9.17, 15) is 4.79 Å². The summed E-state index contributed by atoms with van der Waals surface area (Å²) in [5.74, 6) is 1.30. The van der Waals surface area contributed by atoms with Crippen molar-refractivity contribution in [2.24, 2.45) is 0 Å². The normalized spacial score (nSPS) is 10.5. The van der Waals surface area contributed by atoms with E-state index in [0.29, 0.717) is 28.8 Å². The standard InChI is InChI=1S/C22H24N4O3/c1-14(2)29-20-11-6-5-10-18(20)25-21(27)19-12-15(3)23-22(26-19)24-16-8-7-9-17(13-16)28-4/h5-14H,1-4H3,(H,25,27)(H,23,24,26). The van der Waals surface area contributed by atoms with E-state index in [0.717, 1.165) is 5.69 Å². The molecule has 0 saturated heterocycles. The van der Waals surface area contributed by atoms with Gasteiger partial charge in [0, 0.05) is 17.4 Å². The maximum atomic E-state index is 12.8. The molecule has 2 N–H and O–H groups in total. The van der Waals surface area contributed by atoms with E-state index in [4.69, 9.17) is 9.47 Å². The molecule has 0 bridgehead atoms. The summed E-state index contributed by atoms with van der Waals surface area (Å²) < 4.78 is 11.0. The molecule has 0 aliphatic heterocycles. The fourth-order valence-corrected chi connectivity index (χ4v) is 2.68. The van der Waals surface area contributed by atoms with Crippen LogP contribution in [0.25, 0.3) is 0 Å². The van der Waals surface area contributed by atoms with Crippen molar-refractivity contribution in [1.82, 2.24) is 9.97 Å². The van der Waals surface area contributed by atoms with Gasteiger partial charge >= 0.3 is 0 Å². The number of methoxy groups -OCH3 is 1. The third-order valence-electron chi connectivity index (χ3n) is 3.91. The van der Waals surface area contributed by atoms with Crippen molar-refractivity contribution in [3.8, 4) is 11.5 Å². The SMILES string of the molecule is COc1cccc(Nc2nc(C)cc(C(=O)Nc3ccccc3OC(C)C)n2)c1. The molecule has 1 aromatic heterocycles. The van der Waals surface area contributed by atoms with E-state index in [1.54, 1.807) is 19.2 Å². The first-order valence-corrected chi connectivity index (χ1v) is 9.28. The highest BCUT2D eigenvalue weighted by Crippen LogP contribution is 2.25. The number of nitrogens with zero attached hydrogens (tertiary/aromatic N) is 2. The summed E-state index contributed by atoms with van der Waals surface area (Å²) in [5.41, 5.74) is 2.27. The molecule has 0 aliphatic rings. The molecule has 1 heterocycles. The number of anilines is 3. The molecule has 7 nitrogen and oxygen atoms in total. The zero-order chi connectivity index (χ0) is 20.8. The van der Waals surface area contributed by atoms with Crippen molar-refractivity contribution in [2.75, 3.05) is 17.7 Å². The average molecular weight is 392 g/mol. The first kappa shape index (κ1) is 20.1. The Balaban J connectivity index is 1.81. The average Bonchev–Trinajstić information content (AvgIpc) is 2.68. The minimum Gasteiger partial charge on any atom is -0.497 e. The predicted molar refractivity (Wildman–Crippen MR) is 113 cm³/mol. The highest BCUT2D eigenvalue weighted by Gasteiger charge is 2.14. The second-order valence-electron chi connectivity index (χ2n) is 6.69. The largest absolute Gasteiger partial charge is 0.497 e. The molecule has 7 heteroatoms. The lowest BCUT2D eigenvalue weighted by atomic mass is 10.2. The van der Waals surface area contributed by atoms with Crippen LogP contribution >= 0.6 is 0 Å². The molecule has 0 atom stereocenters.